The molecule has 0 fully saturated rings. The summed E-state index contributed by atoms with van der Waals surface area (Å²) in [6.07, 6.45) is 0.966. The normalized spacial score (nSPS) is 10.9. The lowest BCUT2D eigenvalue weighted by Crippen LogP contribution is -2.25. The van der Waals surface area contributed by atoms with E-state index in [1.807, 2.05) is 12.1 Å². The molecule has 0 aliphatic carbocycles. The highest BCUT2D eigenvalue weighted by molar-refractivity contribution is 5.66. The maximum atomic E-state index is 11.1. The van der Waals surface area contributed by atoms with Crippen molar-refractivity contribution in [2.45, 2.75) is 32.9 Å². The van der Waals surface area contributed by atoms with Crippen LogP contribution in [0.25, 0.3) is 0 Å². The molecule has 3 aromatic carbocycles. The first-order valence-corrected chi connectivity index (χ1v) is 10.2. The van der Waals surface area contributed by atoms with Crippen molar-refractivity contribution in [1.29, 1.82) is 0 Å². The quantitative estimate of drug-likeness (QED) is 0.513. The number of hydrogen-bond acceptors (Lipinski definition) is 3. The standard InChI is InChI=1S/C26H29NO3/c1-20-6-3-9-23(14-20)18-27(13-12-26(28)29)19-24-10-4-7-21(16-24)15-22-8-5-11-25(17-22)30-2/h3-11,14,16-17H,12-13,15,18-19H2,1-2H3,(H,28,29). The SMILES string of the molecule is COc1cccc(Cc2cccc(CN(CCC(=O)O)Cc3cccc(C)c3)c2)c1. The van der Waals surface area contributed by atoms with Gasteiger partial charge >= 0.3 is 5.97 Å². The molecule has 0 aliphatic heterocycles. The van der Waals surface area contributed by atoms with Crippen LogP contribution in [0, 0.1) is 6.92 Å². The van der Waals surface area contributed by atoms with Crippen LogP contribution in [0.3, 0.4) is 0 Å². The van der Waals surface area contributed by atoms with E-state index in [1.165, 1.54) is 27.8 Å². The van der Waals surface area contributed by atoms with Gasteiger partial charge in [-0.05, 0) is 47.7 Å². The summed E-state index contributed by atoms with van der Waals surface area (Å²) in [5.74, 6) is 0.0951. The molecule has 3 aromatic rings. The van der Waals surface area contributed by atoms with E-state index in [2.05, 4.69) is 72.5 Å². The Morgan fingerprint density at radius 1 is 0.867 bits per heavy atom. The van der Waals surface area contributed by atoms with Gasteiger partial charge in [-0.3, -0.25) is 9.69 Å². The number of carbonyl (C=O) groups is 1. The van der Waals surface area contributed by atoms with Crippen molar-refractivity contribution in [1.82, 2.24) is 4.90 Å². The largest absolute Gasteiger partial charge is 0.497 e. The molecule has 0 unspecified atom stereocenters. The molecule has 0 bridgehead atoms. The van der Waals surface area contributed by atoms with Crippen molar-refractivity contribution in [2.24, 2.45) is 0 Å². The summed E-state index contributed by atoms with van der Waals surface area (Å²) in [6, 6.07) is 25.0. The second-order valence-corrected chi connectivity index (χ2v) is 7.69. The van der Waals surface area contributed by atoms with Gasteiger partial charge in [-0.15, -0.1) is 0 Å². The maximum Gasteiger partial charge on any atom is 0.304 e. The fraction of sp³-hybridized carbons (Fsp3) is 0.269. The summed E-state index contributed by atoms with van der Waals surface area (Å²) < 4.78 is 5.33. The predicted molar refractivity (Wildman–Crippen MR) is 120 cm³/mol. The third-order valence-electron chi connectivity index (χ3n) is 5.07. The van der Waals surface area contributed by atoms with Gasteiger partial charge in [0, 0.05) is 19.6 Å². The molecular weight excluding hydrogens is 374 g/mol. The predicted octanol–water partition coefficient (Wildman–Crippen LogP) is 5.07. The minimum atomic E-state index is -0.768. The van der Waals surface area contributed by atoms with E-state index in [0.29, 0.717) is 13.1 Å². The number of nitrogens with zero attached hydrogens (tertiary/aromatic N) is 1. The van der Waals surface area contributed by atoms with Crippen molar-refractivity contribution in [2.75, 3.05) is 13.7 Å². The molecule has 0 amide bonds. The highest BCUT2D eigenvalue weighted by Crippen LogP contribution is 2.18. The Hall–Kier alpha value is -3.11. The molecule has 3 rings (SSSR count). The number of benzene rings is 3. The van der Waals surface area contributed by atoms with Crippen molar-refractivity contribution < 1.29 is 14.6 Å². The number of carboxylic acids is 1. The molecule has 0 heterocycles. The van der Waals surface area contributed by atoms with Crippen LogP contribution >= 0.6 is 0 Å². The van der Waals surface area contributed by atoms with Crippen LogP contribution in [0.1, 0.15) is 34.2 Å². The number of hydrogen-bond donors (Lipinski definition) is 1. The molecule has 0 saturated carbocycles. The summed E-state index contributed by atoms with van der Waals surface area (Å²) >= 11 is 0. The minimum absolute atomic E-state index is 0.134. The molecule has 30 heavy (non-hydrogen) atoms. The Bertz CT molecular complexity index is 983. The van der Waals surface area contributed by atoms with Crippen LogP contribution in [-0.2, 0) is 24.3 Å². The molecule has 0 radical (unpaired) electrons. The zero-order chi connectivity index (χ0) is 21.3. The first kappa shape index (κ1) is 21.6. The summed E-state index contributed by atoms with van der Waals surface area (Å²) in [4.78, 5) is 13.3. The van der Waals surface area contributed by atoms with Gasteiger partial charge in [0.25, 0.3) is 0 Å². The zero-order valence-corrected chi connectivity index (χ0v) is 17.7. The van der Waals surface area contributed by atoms with E-state index in [1.54, 1.807) is 7.11 Å². The van der Waals surface area contributed by atoms with Crippen LogP contribution < -0.4 is 4.74 Å². The Morgan fingerprint density at radius 3 is 2.13 bits per heavy atom. The van der Waals surface area contributed by atoms with Gasteiger partial charge in [0.1, 0.15) is 5.75 Å². The second kappa shape index (κ2) is 10.6. The smallest absolute Gasteiger partial charge is 0.304 e. The molecule has 0 aliphatic rings. The number of aryl methyl sites for hydroxylation is 1. The van der Waals surface area contributed by atoms with E-state index < -0.39 is 5.97 Å². The molecule has 1 N–H and O–H groups in total. The molecule has 156 valence electrons. The molecule has 4 heteroatoms. The molecule has 0 atom stereocenters. The molecular formula is C26H29NO3. The minimum Gasteiger partial charge on any atom is -0.497 e. The average Bonchev–Trinajstić information content (AvgIpc) is 2.72. The fourth-order valence-corrected chi connectivity index (χ4v) is 3.65. The van der Waals surface area contributed by atoms with Crippen LogP contribution in [0.5, 0.6) is 5.75 Å². The summed E-state index contributed by atoms with van der Waals surface area (Å²) in [6.45, 7) is 4.04. The van der Waals surface area contributed by atoms with Crippen molar-refractivity contribution >= 4 is 5.97 Å². The van der Waals surface area contributed by atoms with Gasteiger partial charge in [0.05, 0.1) is 13.5 Å². The number of ether oxygens (including phenoxy) is 1. The lowest BCUT2D eigenvalue weighted by molar-refractivity contribution is -0.137. The Morgan fingerprint density at radius 2 is 1.47 bits per heavy atom. The first-order chi connectivity index (χ1) is 14.5. The van der Waals surface area contributed by atoms with E-state index in [0.717, 1.165) is 18.7 Å². The third kappa shape index (κ3) is 6.75. The van der Waals surface area contributed by atoms with E-state index in [4.69, 9.17) is 9.84 Å². The summed E-state index contributed by atoms with van der Waals surface area (Å²) in [5, 5.41) is 9.15. The van der Waals surface area contributed by atoms with Gasteiger partial charge in [0.2, 0.25) is 0 Å². The second-order valence-electron chi connectivity index (χ2n) is 7.69. The topological polar surface area (TPSA) is 49.8 Å². The lowest BCUT2D eigenvalue weighted by atomic mass is 10.0. The lowest BCUT2D eigenvalue weighted by Gasteiger charge is -2.22. The monoisotopic (exact) mass is 403 g/mol. The van der Waals surface area contributed by atoms with Gasteiger partial charge in [-0.2, -0.15) is 0 Å². The molecule has 0 spiro atoms. The fourth-order valence-electron chi connectivity index (χ4n) is 3.65. The van der Waals surface area contributed by atoms with Gasteiger partial charge in [-0.25, -0.2) is 0 Å². The first-order valence-electron chi connectivity index (χ1n) is 10.2. The van der Waals surface area contributed by atoms with E-state index in [-0.39, 0.29) is 6.42 Å². The van der Waals surface area contributed by atoms with Gasteiger partial charge in [-0.1, -0.05) is 66.2 Å². The van der Waals surface area contributed by atoms with Crippen LogP contribution in [0.15, 0.2) is 72.8 Å². The summed E-state index contributed by atoms with van der Waals surface area (Å²) in [5.41, 5.74) is 6.04. The maximum absolute atomic E-state index is 11.1. The average molecular weight is 404 g/mol. The Labute approximate surface area is 178 Å². The number of aliphatic carboxylic acids is 1. The van der Waals surface area contributed by atoms with Gasteiger partial charge < -0.3 is 9.84 Å². The molecule has 4 nitrogen and oxygen atoms in total. The summed E-state index contributed by atoms with van der Waals surface area (Å²) in [7, 11) is 1.68. The van der Waals surface area contributed by atoms with Crippen LogP contribution in [-0.4, -0.2) is 29.6 Å². The molecule has 0 aromatic heterocycles. The van der Waals surface area contributed by atoms with Crippen molar-refractivity contribution in [3.05, 3.63) is 101 Å². The van der Waals surface area contributed by atoms with Gasteiger partial charge in [0.15, 0.2) is 0 Å². The van der Waals surface area contributed by atoms with E-state index >= 15 is 0 Å². The molecule has 0 saturated heterocycles. The van der Waals surface area contributed by atoms with Crippen molar-refractivity contribution in [3.63, 3.8) is 0 Å². The number of carboxylic acid groups (broad SMARTS) is 1. The Balaban J connectivity index is 1.73. The van der Waals surface area contributed by atoms with E-state index in [9.17, 15) is 4.79 Å². The third-order valence-corrected chi connectivity index (χ3v) is 5.07. The van der Waals surface area contributed by atoms with Crippen LogP contribution in [0.4, 0.5) is 0 Å². The number of methoxy groups -OCH3 is 1. The zero-order valence-electron chi connectivity index (χ0n) is 17.7. The number of rotatable bonds is 10. The highest BCUT2D eigenvalue weighted by Gasteiger charge is 2.10. The highest BCUT2D eigenvalue weighted by atomic mass is 16.5. The Kier molecular flexibility index (Phi) is 7.63. The van der Waals surface area contributed by atoms with Crippen molar-refractivity contribution in [3.8, 4) is 5.75 Å². The van der Waals surface area contributed by atoms with Crippen LogP contribution in [0.2, 0.25) is 0 Å².